The third-order valence-corrected chi connectivity index (χ3v) is 3.22. The summed E-state index contributed by atoms with van der Waals surface area (Å²) >= 11 is 0. The van der Waals surface area contributed by atoms with E-state index < -0.39 is 0 Å². The summed E-state index contributed by atoms with van der Waals surface area (Å²) in [7, 11) is 0. The maximum atomic E-state index is 5.68. The van der Waals surface area contributed by atoms with Crippen LogP contribution in [-0.4, -0.2) is 23.4 Å². The Kier molecular flexibility index (Phi) is 2.05. The molecule has 1 saturated heterocycles. The normalized spacial score (nSPS) is 33.5. The quantitative estimate of drug-likeness (QED) is 0.610. The van der Waals surface area contributed by atoms with Gasteiger partial charge in [0.2, 0.25) is 0 Å². The molecule has 1 unspecified atom stereocenters. The van der Waals surface area contributed by atoms with E-state index in [1.54, 1.807) is 0 Å². The van der Waals surface area contributed by atoms with Crippen molar-refractivity contribution < 1.29 is 9.47 Å². The molecule has 0 saturated carbocycles. The molecule has 0 amide bonds. The van der Waals surface area contributed by atoms with Crippen molar-refractivity contribution >= 4 is 0 Å². The molecule has 0 radical (unpaired) electrons. The number of ether oxygens (including phenoxy) is 2. The molecule has 0 aromatic heterocycles. The van der Waals surface area contributed by atoms with Gasteiger partial charge in [-0.2, -0.15) is 0 Å². The topological polar surface area (TPSA) is 21.8 Å². The molecule has 1 atom stereocenters. The molecule has 1 aliphatic heterocycles. The second-order valence-corrected chi connectivity index (χ2v) is 4.59. The van der Waals surface area contributed by atoms with Crippen LogP contribution in [0.4, 0.5) is 0 Å². The van der Waals surface area contributed by atoms with Crippen LogP contribution in [0.3, 0.4) is 0 Å². The highest BCUT2D eigenvalue weighted by Gasteiger charge is 2.68. The van der Waals surface area contributed by atoms with Crippen molar-refractivity contribution in [1.29, 1.82) is 0 Å². The average Bonchev–Trinajstić information content (AvgIpc) is 2.34. The Balaban J connectivity index is 2.71. The highest BCUT2D eigenvalue weighted by molar-refractivity contribution is 5.16. The molecule has 12 heavy (non-hydrogen) atoms. The monoisotopic (exact) mass is 172 g/mol. The Morgan fingerprint density at radius 3 is 1.92 bits per heavy atom. The Morgan fingerprint density at radius 2 is 1.67 bits per heavy atom. The van der Waals surface area contributed by atoms with Crippen LogP contribution >= 0.6 is 0 Å². The molecule has 72 valence electrons. The van der Waals surface area contributed by atoms with Crippen molar-refractivity contribution in [3.05, 3.63) is 0 Å². The third kappa shape index (κ3) is 1.17. The van der Waals surface area contributed by atoms with Gasteiger partial charge in [-0.15, -0.1) is 0 Å². The molecule has 2 nitrogen and oxygen atoms in total. The van der Waals surface area contributed by atoms with E-state index in [1.165, 1.54) is 0 Å². The number of rotatable bonds is 3. The summed E-state index contributed by atoms with van der Waals surface area (Å²) in [5, 5.41) is 0. The van der Waals surface area contributed by atoms with Crippen LogP contribution in [0.5, 0.6) is 0 Å². The second kappa shape index (κ2) is 2.46. The summed E-state index contributed by atoms with van der Waals surface area (Å²) in [5.74, 6) is 0. The fraction of sp³-hybridized carbons (Fsp3) is 1.00. The first-order valence-corrected chi connectivity index (χ1v) is 4.61. The van der Waals surface area contributed by atoms with Crippen LogP contribution in [0.25, 0.3) is 0 Å². The fourth-order valence-corrected chi connectivity index (χ4v) is 1.83. The van der Waals surface area contributed by atoms with Crippen LogP contribution in [-0.2, 0) is 9.47 Å². The van der Waals surface area contributed by atoms with Crippen LogP contribution in [0.1, 0.15) is 41.5 Å². The fourth-order valence-electron chi connectivity index (χ4n) is 1.83. The van der Waals surface area contributed by atoms with Crippen LogP contribution in [0.2, 0.25) is 0 Å². The molecule has 1 aliphatic rings. The molecule has 0 spiro atoms. The van der Waals surface area contributed by atoms with E-state index in [0.717, 1.165) is 6.61 Å². The Morgan fingerprint density at radius 1 is 1.25 bits per heavy atom. The summed E-state index contributed by atoms with van der Waals surface area (Å²) in [4.78, 5) is 0. The lowest BCUT2D eigenvalue weighted by Crippen LogP contribution is -2.44. The van der Waals surface area contributed by atoms with Gasteiger partial charge in [0.1, 0.15) is 5.60 Å². The lowest BCUT2D eigenvalue weighted by Gasteiger charge is -2.30. The maximum Gasteiger partial charge on any atom is 0.123 e. The van der Waals surface area contributed by atoms with Gasteiger partial charge in [0.05, 0.1) is 11.2 Å². The zero-order chi connectivity index (χ0) is 9.62. The van der Waals surface area contributed by atoms with Crippen LogP contribution < -0.4 is 0 Å². The van der Waals surface area contributed by atoms with Gasteiger partial charge in [-0.1, -0.05) is 0 Å². The van der Waals surface area contributed by atoms with Crippen molar-refractivity contribution in [1.82, 2.24) is 0 Å². The number of hydrogen-bond donors (Lipinski definition) is 0. The second-order valence-electron chi connectivity index (χ2n) is 4.59. The molecule has 0 aromatic carbocycles. The van der Waals surface area contributed by atoms with E-state index in [1.807, 2.05) is 6.92 Å². The van der Waals surface area contributed by atoms with E-state index in [4.69, 9.17) is 9.47 Å². The SMILES string of the molecule is CCOC(C)(C)C1(C)OC1(C)C. The van der Waals surface area contributed by atoms with Crippen LogP contribution in [0, 0.1) is 0 Å². The third-order valence-electron chi connectivity index (χ3n) is 3.22. The summed E-state index contributed by atoms with van der Waals surface area (Å²) in [5.41, 5.74) is -0.354. The van der Waals surface area contributed by atoms with Crippen molar-refractivity contribution in [2.45, 2.75) is 58.3 Å². The highest BCUT2D eigenvalue weighted by atomic mass is 16.7. The maximum absolute atomic E-state index is 5.68. The first kappa shape index (κ1) is 10.0. The zero-order valence-electron chi connectivity index (χ0n) is 9.02. The minimum atomic E-state index is -0.189. The van der Waals surface area contributed by atoms with E-state index in [0.29, 0.717) is 0 Å². The van der Waals surface area contributed by atoms with E-state index >= 15 is 0 Å². The molecule has 0 aliphatic carbocycles. The minimum Gasteiger partial charge on any atom is -0.373 e. The smallest absolute Gasteiger partial charge is 0.123 e. The molecule has 0 N–H and O–H groups in total. The predicted molar refractivity (Wildman–Crippen MR) is 49.3 cm³/mol. The van der Waals surface area contributed by atoms with Gasteiger partial charge < -0.3 is 9.47 Å². The van der Waals surface area contributed by atoms with Crippen molar-refractivity contribution in [3.63, 3.8) is 0 Å². The molecule has 1 rings (SSSR count). The Hall–Kier alpha value is -0.0800. The first-order chi connectivity index (χ1) is 5.27. The molecule has 1 heterocycles. The summed E-state index contributed by atoms with van der Waals surface area (Å²) in [6.45, 7) is 13.3. The number of epoxide rings is 1. The molecular formula is C10H20O2. The van der Waals surface area contributed by atoms with Gasteiger partial charge in [0.15, 0.2) is 0 Å². The van der Waals surface area contributed by atoms with Crippen LogP contribution in [0.15, 0.2) is 0 Å². The predicted octanol–water partition coefficient (Wildman–Crippen LogP) is 2.37. The molecule has 0 bridgehead atoms. The molecule has 1 fully saturated rings. The molecule has 0 aromatic rings. The summed E-state index contributed by atoms with van der Waals surface area (Å²) in [6.07, 6.45) is 0. The first-order valence-electron chi connectivity index (χ1n) is 4.61. The van der Waals surface area contributed by atoms with Gasteiger partial charge in [-0.3, -0.25) is 0 Å². The van der Waals surface area contributed by atoms with Crippen molar-refractivity contribution in [2.24, 2.45) is 0 Å². The standard InChI is InChI=1S/C10H20O2/c1-7-11-8(2,3)10(6)9(4,5)12-10/h7H2,1-6H3. The lowest BCUT2D eigenvalue weighted by atomic mass is 9.83. The largest absolute Gasteiger partial charge is 0.373 e. The summed E-state index contributed by atoms with van der Waals surface area (Å²) in [6, 6.07) is 0. The highest BCUT2D eigenvalue weighted by Crippen LogP contribution is 2.54. The zero-order valence-corrected chi connectivity index (χ0v) is 9.02. The van der Waals surface area contributed by atoms with E-state index in [9.17, 15) is 0 Å². The molecule has 2 heteroatoms. The van der Waals surface area contributed by atoms with Crippen molar-refractivity contribution in [3.8, 4) is 0 Å². The van der Waals surface area contributed by atoms with Crippen molar-refractivity contribution in [2.75, 3.05) is 6.61 Å². The van der Waals surface area contributed by atoms with Gasteiger partial charge in [0.25, 0.3) is 0 Å². The van der Waals surface area contributed by atoms with Gasteiger partial charge in [-0.25, -0.2) is 0 Å². The van der Waals surface area contributed by atoms with Gasteiger partial charge in [0, 0.05) is 6.61 Å². The lowest BCUT2D eigenvalue weighted by molar-refractivity contribution is -0.0626. The Bertz CT molecular complexity index is 184. The summed E-state index contributed by atoms with van der Waals surface area (Å²) < 4.78 is 11.4. The average molecular weight is 172 g/mol. The van der Waals surface area contributed by atoms with E-state index in [-0.39, 0.29) is 16.8 Å². The minimum absolute atomic E-state index is 0.0360. The molecular weight excluding hydrogens is 152 g/mol. The van der Waals surface area contributed by atoms with Gasteiger partial charge in [-0.05, 0) is 41.5 Å². The van der Waals surface area contributed by atoms with Gasteiger partial charge >= 0.3 is 0 Å². The Labute approximate surface area is 75.2 Å². The number of hydrogen-bond acceptors (Lipinski definition) is 2. The van der Waals surface area contributed by atoms with E-state index in [2.05, 4.69) is 34.6 Å².